The lowest BCUT2D eigenvalue weighted by Crippen LogP contribution is -2.40. The molecular weight excluding hydrogens is 296 g/mol. The van der Waals surface area contributed by atoms with Crippen LogP contribution in [-0.4, -0.2) is 17.7 Å². The first-order valence-electron chi connectivity index (χ1n) is 6.04. The third-order valence-corrected chi connectivity index (χ3v) is 4.09. The van der Waals surface area contributed by atoms with Gasteiger partial charge >= 0.3 is 6.03 Å². The van der Waals surface area contributed by atoms with Gasteiger partial charge in [0.25, 0.3) is 0 Å². The van der Waals surface area contributed by atoms with E-state index in [1.807, 2.05) is 17.5 Å². The van der Waals surface area contributed by atoms with Gasteiger partial charge in [-0.05, 0) is 36.6 Å². The van der Waals surface area contributed by atoms with Gasteiger partial charge in [-0.15, -0.1) is 11.3 Å². The molecule has 1 unspecified atom stereocenters. The third-order valence-electron chi connectivity index (χ3n) is 2.73. The normalized spacial score (nSPS) is 13.6. The zero-order valence-electron chi connectivity index (χ0n) is 10.9. The Balaban J connectivity index is 1.89. The highest BCUT2D eigenvalue weighted by molar-refractivity contribution is 7.10. The molecule has 3 N–H and O–H groups in total. The number of amides is 2. The van der Waals surface area contributed by atoms with Crippen molar-refractivity contribution in [1.82, 2.24) is 5.32 Å². The van der Waals surface area contributed by atoms with Crippen molar-refractivity contribution < 1.29 is 9.90 Å². The van der Waals surface area contributed by atoms with Gasteiger partial charge in [-0.25, -0.2) is 4.79 Å². The Kier molecular flexibility index (Phi) is 4.65. The van der Waals surface area contributed by atoms with Gasteiger partial charge in [-0.2, -0.15) is 0 Å². The summed E-state index contributed by atoms with van der Waals surface area (Å²) in [6.45, 7) is 1.79. The number of anilines is 1. The predicted molar refractivity (Wildman–Crippen MR) is 82.4 cm³/mol. The van der Waals surface area contributed by atoms with Gasteiger partial charge < -0.3 is 15.7 Å². The van der Waals surface area contributed by atoms with E-state index >= 15 is 0 Å². The second-order valence-electron chi connectivity index (χ2n) is 4.57. The van der Waals surface area contributed by atoms with Crippen molar-refractivity contribution in [2.24, 2.45) is 0 Å². The molecular formula is C14H15ClN2O2S. The van der Waals surface area contributed by atoms with Crippen LogP contribution in [0.25, 0.3) is 0 Å². The highest BCUT2D eigenvalue weighted by Crippen LogP contribution is 2.24. The molecule has 2 amide bonds. The van der Waals surface area contributed by atoms with Gasteiger partial charge in [0.15, 0.2) is 0 Å². The summed E-state index contributed by atoms with van der Waals surface area (Å²) in [5, 5.41) is 18.0. The summed E-state index contributed by atoms with van der Waals surface area (Å²) < 4.78 is 0. The lowest BCUT2D eigenvalue weighted by molar-refractivity contribution is 0.0637. The smallest absolute Gasteiger partial charge is 0.319 e. The van der Waals surface area contributed by atoms with Crippen molar-refractivity contribution in [3.05, 3.63) is 51.7 Å². The van der Waals surface area contributed by atoms with Crippen LogP contribution in [-0.2, 0) is 5.60 Å². The number of rotatable bonds is 4. The fourth-order valence-electron chi connectivity index (χ4n) is 1.67. The summed E-state index contributed by atoms with van der Waals surface area (Å²) in [6, 6.07) is 10.2. The zero-order chi connectivity index (χ0) is 14.6. The van der Waals surface area contributed by atoms with Gasteiger partial charge in [-0.3, -0.25) is 0 Å². The second-order valence-corrected chi connectivity index (χ2v) is 5.95. The Morgan fingerprint density at radius 3 is 2.85 bits per heavy atom. The first-order valence-corrected chi connectivity index (χ1v) is 7.30. The number of carbonyl (C=O) groups is 1. The lowest BCUT2D eigenvalue weighted by atomic mass is 10.1. The molecule has 1 atom stereocenters. The van der Waals surface area contributed by atoms with Crippen LogP contribution in [0.2, 0.25) is 5.02 Å². The molecule has 4 nitrogen and oxygen atoms in total. The Hall–Kier alpha value is -1.56. The zero-order valence-corrected chi connectivity index (χ0v) is 12.5. The molecule has 0 aliphatic heterocycles. The molecule has 0 fully saturated rings. The van der Waals surface area contributed by atoms with E-state index in [0.29, 0.717) is 10.7 Å². The predicted octanol–water partition coefficient (Wildman–Crippen LogP) is 3.43. The molecule has 0 aliphatic rings. The van der Waals surface area contributed by atoms with Crippen LogP contribution >= 0.6 is 22.9 Å². The first kappa shape index (κ1) is 14.8. The second kappa shape index (κ2) is 6.26. The van der Waals surface area contributed by atoms with Crippen molar-refractivity contribution in [1.29, 1.82) is 0 Å². The van der Waals surface area contributed by atoms with Gasteiger partial charge in [0.2, 0.25) is 0 Å². The van der Waals surface area contributed by atoms with Crippen molar-refractivity contribution in [2.75, 3.05) is 11.9 Å². The van der Waals surface area contributed by atoms with Gasteiger partial charge in [0.05, 0.1) is 6.54 Å². The van der Waals surface area contributed by atoms with E-state index in [2.05, 4.69) is 10.6 Å². The molecule has 0 radical (unpaired) electrons. The summed E-state index contributed by atoms with van der Waals surface area (Å²) in [4.78, 5) is 12.6. The number of hydrogen-bond donors (Lipinski definition) is 3. The molecule has 0 bridgehead atoms. The van der Waals surface area contributed by atoms with Crippen LogP contribution in [0.3, 0.4) is 0 Å². The minimum atomic E-state index is -1.08. The molecule has 1 heterocycles. The molecule has 2 rings (SSSR count). The average molecular weight is 311 g/mol. The quantitative estimate of drug-likeness (QED) is 0.810. The molecule has 0 spiro atoms. The third kappa shape index (κ3) is 3.96. The molecule has 0 saturated heterocycles. The Bertz CT molecular complexity index is 585. The fraction of sp³-hybridized carbons (Fsp3) is 0.214. The summed E-state index contributed by atoms with van der Waals surface area (Å²) in [6.07, 6.45) is 0. The standard InChI is InChI=1S/C14H15ClN2O2S/c1-14(19,12-6-3-7-20-12)9-16-13(18)17-11-5-2-4-10(15)8-11/h2-8,19H,9H2,1H3,(H2,16,17,18). The maximum absolute atomic E-state index is 11.8. The molecule has 0 saturated carbocycles. The van der Waals surface area contributed by atoms with Gasteiger partial charge in [0.1, 0.15) is 5.60 Å². The number of hydrogen-bond acceptors (Lipinski definition) is 3. The van der Waals surface area contributed by atoms with Crippen LogP contribution in [0, 0.1) is 0 Å². The topological polar surface area (TPSA) is 61.4 Å². The van der Waals surface area contributed by atoms with Gasteiger partial charge in [0, 0.05) is 15.6 Å². The van der Waals surface area contributed by atoms with E-state index in [9.17, 15) is 9.90 Å². The molecule has 2 aromatic rings. The first-order chi connectivity index (χ1) is 9.47. The highest BCUT2D eigenvalue weighted by Gasteiger charge is 2.24. The molecule has 1 aromatic heterocycles. The van der Waals surface area contributed by atoms with E-state index in [0.717, 1.165) is 4.88 Å². The molecule has 106 valence electrons. The summed E-state index contributed by atoms with van der Waals surface area (Å²) in [5.74, 6) is 0. The van der Waals surface area contributed by atoms with E-state index < -0.39 is 5.60 Å². The number of halogens is 1. The van der Waals surface area contributed by atoms with Crippen LogP contribution in [0.4, 0.5) is 10.5 Å². The average Bonchev–Trinajstić information content (AvgIpc) is 2.91. The van der Waals surface area contributed by atoms with E-state index in [4.69, 9.17) is 11.6 Å². The Labute approximate surface area is 126 Å². The number of carbonyl (C=O) groups excluding carboxylic acids is 1. The van der Waals surface area contributed by atoms with Crippen molar-refractivity contribution in [3.8, 4) is 0 Å². The van der Waals surface area contributed by atoms with Crippen LogP contribution in [0.5, 0.6) is 0 Å². The monoisotopic (exact) mass is 310 g/mol. The van der Waals surface area contributed by atoms with Crippen LogP contribution < -0.4 is 10.6 Å². The Morgan fingerprint density at radius 2 is 2.20 bits per heavy atom. The Morgan fingerprint density at radius 1 is 1.40 bits per heavy atom. The number of aliphatic hydroxyl groups is 1. The lowest BCUT2D eigenvalue weighted by Gasteiger charge is -2.22. The van der Waals surface area contributed by atoms with Crippen LogP contribution in [0.1, 0.15) is 11.8 Å². The van der Waals surface area contributed by atoms with Gasteiger partial charge in [-0.1, -0.05) is 23.7 Å². The largest absolute Gasteiger partial charge is 0.383 e. The number of thiophene rings is 1. The van der Waals surface area contributed by atoms with Crippen molar-refractivity contribution in [3.63, 3.8) is 0 Å². The van der Waals surface area contributed by atoms with Crippen molar-refractivity contribution in [2.45, 2.75) is 12.5 Å². The van der Waals surface area contributed by atoms with E-state index in [1.54, 1.807) is 31.2 Å². The van der Waals surface area contributed by atoms with E-state index in [1.165, 1.54) is 11.3 Å². The molecule has 6 heteroatoms. The fourth-order valence-corrected chi connectivity index (χ4v) is 2.64. The molecule has 20 heavy (non-hydrogen) atoms. The maximum atomic E-state index is 11.8. The number of benzene rings is 1. The SMILES string of the molecule is CC(O)(CNC(=O)Nc1cccc(Cl)c1)c1cccs1. The minimum absolute atomic E-state index is 0.125. The minimum Gasteiger partial charge on any atom is -0.383 e. The van der Waals surface area contributed by atoms with Crippen molar-refractivity contribution >= 4 is 34.7 Å². The summed E-state index contributed by atoms with van der Waals surface area (Å²) in [5.41, 5.74) is -0.481. The maximum Gasteiger partial charge on any atom is 0.319 e. The van der Waals surface area contributed by atoms with E-state index in [-0.39, 0.29) is 12.6 Å². The molecule has 1 aromatic carbocycles. The number of urea groups is 1. The molecule has 0 aliphatic carbocycles. The van der Waals surface area contributed by atoms with Crippen LogP contribution in [0.15, 0.2) is 41.8 Å². The number of nitrogens with one attached hydrogen (secondary N) is 2. The summed E-state index contributed by atoms with van der Waals surface area (Å²) >= 11 is 7.28. The summed E-state index contributed by atoms with van der Waals surface area (Å²) in [7, 11) is 0. The highest BCUT2D eigenvalue weighted by atomic mass is 35.5.